The van der Waals surface area contributed by atoms with Crippen molar-refractivity contribution in [1.82, 2.24) is 9.55 Å². The standard InChI is InChI=1S/C8H8N4O2/c1-6(13)14-10-4-8-11-7(3-9)5-12(8)2/h4-5H,1-2H3/b10-4+. The summed E-state index contributed by atoms with van der Waals surface area (Å²) in [5.41, 5.74) is 0.289. The minimum atomic E-state index is -0.504. The molecule has 0 aliphatic carbocycles. The fourth-order valence-electron chi connectivity index (χ4n) is 0.802. The van der Waals surface area contributed by atoms with Crippen molar-refractivity contribution in [2.75, 3.05) is 0 Å². The zero-order valence-electron chi connectivity index (χ0n) is 7.76. The molecule has 1 aromatic rings. The molecule has 1 aromatic heterocycles. The maximum absolute atomic E-state index is 10.4. The van der Waals surface area contributed by atoms with Gasteiger partial charge in [0.15, 0.2) is 11.5 Å². The van der Waals surface area contributed by atoms with E-state index in [4.69, 9.17) is 5.26 Å². The molecule has 0 aliphatic rings. The Labute approximate surface area is 80.4 Å². The van der Waals surface area contributed by atoms with Gasteiger partial charge in [-0.3, -0.25) is 0 Å². The lowest BCUT2D eigenvalue weighted by atomic mass is 10.5. The summed E-state index contributed by atoms with van der Waals surface area (Å²) in [5, 5.41) is 11.9. The lowest BCUT2D eigenvalue weighted by Gasteiger charge is -1.91. The molecule has 0 bridgehead atoms. The Balaban J connectivity index is 2.77. The van der Waals surface area contributed by atoms with Gasteiger partial charge in [-0.2, -0.15) is 5.26 Å². The Hall–Kier alpha value is -2.16. The predicted molar refractivity (Wildman–Crippen MR) is 47.3 cm³/mol. The van der Waals surface area contributed by atoms with E-state index in [0.29, 0.717) is 5.82 Å². The van der Waals surface area contributed by atoms with Gasteiger partial charge in [-0.1, -0.05) is 5.16 Å². The van der Waals surface area contributed by atoms with Crippen molar-refractivity contribution in [2.24, 2.45) is 12.2 Å². The summed E-state index contributed by atoms with van der Waals surface area (Å²) < 4.78 is 1.60. The van der Waals surface area contributed by atoms with Crippen molar-refractivity contribution in [3.8, 4) is 6.07 Å². The minimum Gasteiger partial charge on any atom is -0.332 e. The number of hydrogen-bond acceptors (Lipinski definition) is 5. The maximum atomic E-state index is 10.4. The van der Waals surface area contributed by atoms with Crippen molar-refractivity contribution in [2.45, 2.75) is 6.92 Å². The van der Waals surface area contributed by atoms with Gasteiger partial charge in [0.05, 0.1) is 0 Å². The van der Waals surface area contributed by atoms with Crippen LogP contribution in [-0.2, 0) is 16.7 Å². The minimum absolute atomic E-state index is 0.289. The highest BCUT2D eigenvalue weighted by molar-refractivity contribution is 5.76. The first-order valence-corrected chi connectivity index (χ1v) is 3.78. The van der Waals surface area contributed by atoms with Gasteiger partial charge in [0, 0.05) is 20.2 Å². The molecule has 1 rings (SSSR count). The molecular formula is C8H8N4O2. The largest absolute Gasteiger partial charge is 0.332 e. The zero-order valence-corrected chi connectivity index (χ0v) is 7.76. The number of imidazole rings is 1. The van der Waals surface area contributed by atoms with E-state index in [1.807, 2.05) is 6.07 Å². The van der Waals surface area contributed by atoms with Gasteiger partial charge in [0.25, 0.3) is 0 Å². The number of aromatic nitrogens is 2. The van der Waals surface area contributed by atoms with Crippen molar-refractivity contribution >= 4 is 12.2 Å². The molecular weight excluding hydrogens is 184 g/mol. The van der Waals surface area contributed by atoms with Crippen molar-refractivity contribution < 1.29 is 9.63 Å². The quantitative estimate of drug-likeness (QED) is 0.380. The highest BCUT2D eigenvalue weighted by atomic mass is 16.7. The second-order valence-electron chi connectivity index (χ2n) is 2.52. The van der Waals surface area contributed by atoms with Gasteiger partial charge in [0.2, 0.25) is 0 Å². The molecule has 0 unspecified atom stereocenters. The molecule has 0 aromatic carbocycles. The molecule has 72 valence electrons. The molecule has 0 fully saturated rings. The number of carbonyl (C=O) groups excluding carboxylic acids is 1. The van der Waals surface area contributed by atoms with Crippen LogP contribution in [0.1, 0.15) is 18.4 Å². The van der Waals surface area contributed by atoms with E-state index in [1.54, 1.807) is 17.8 Å². The highest BCUT2D eigenvalue weighted by Crippen LogP contribution is 1.97. The van der Waals surface area contributed by atoms with Crippen molar-refractivity contribution in [3.63, 3.8) is 0 Å². The number of hydrogen-bond donors (Lipinski definition) is 0. The molecule has 0 saturated carbocycles. The normalized spacial score (nSPS) is 10.1. The van der Waals surface area contributed by atoms with Crippen LogP contribution < -0.4 is 0 Å². The Morgan fingerprint density at radius 2 is 2.57 bits per heavy atom. The van der Waals surface area contributed by atoms with Gasteiger partial charge in [-0.25, -0.2) is 9.78 Å². The summed E-state index contributed by atoms with van der Waals surface area (Å²) in [6.07, 6.45) is 2.82. The number of carbonyl (C=O) groups is 1. The van der Waals surface area contributed by atoms with Crippen LogP contribution in [0.25, 0.3) is 0 Å². The van der Waals surface area contributed by atoms with Gasteiger partial charge in [-0.05, 0) is 0 Å². The highest BCUT2D eigenvalue weighted by Gasteiger charge is 2.01. The van der Waals surface area contributed by atoms with Gasteiger partial charge < -0.3 is 9.40 Å². The number of aryl methyl sites for hydroxylation is 1. The van der Waals surface area contributed by atoms with E-state index in [9.17, 15) is 4.79 Å². The summed E-state index contributed by atoms with van der Waals surface area (Å²) in [5.74, 6) is -0.0567. The molecule has 6 heteroatoms. The Kier molecular flexibility index (Phi) is 2.97. The zero-order chi connectivity index (χ0) is 10.6. The number of oxime groups is 1. The fourth-order valence-corrected chi connectivity index (χ4v) is 0.802. The number of nitriles is 1. The number of nitrogens with zero attached hydrogens (tertiary/aromatic N) is 4. The molecule has 0 amide bonds. The van der Waals surface area contributed by atoms with E-state index >= 15 is 0 Å². The van der Waals surface area contributed by atoms with Crippen LogP contribution in [0.4, 0.5) is 0 Å². The summed E-state index contributed by atoms with van der Waals surface area (Å²) in [4.78, 5) is 18.6. The predicted octanol–water partition coefficient (Wildman–Crippen LogP) is 0.189. The molecule has 0 N–H and O–H groups in total. The van der Waals surface area contributed by atoms with Crippen LogP contribution in [0.3, 0.4) is 0 Å². The van der Waals surface area contributed by atoms with Gasteiger partial charge in [-0.15, -0.1) is 0 Å². The van der Waals surface area contributed by atoms with E-state index < -0.39 is 5.97 Å². The second kappa shape index (κ2) is 4.18. The molecule has 14 heavy (non-hydrogen) atoms. The molecule has 0 aliphatic heterocycles. The summed E-state index contributed by atoms with van der Waals surface area (Å²) in [6, 6.07) is 1.89. The monoisotopic (exact) mass is 192 g/mol. The molecule has 6 nitrogen and oxygen atoms in total. The fraction of sp³-hybridized carbons (Fsp3) is 0.250. The summed E-state index contributed by atoms with van der Waals surface area (Å²) in [7, 11) is 1.71. The van der Waals surface area contributed by atoms with E-state index in [0.717, 1.165) is 0 Å². The third-order valence-electron chi connectivity index (χ3n) is 1.38. The summed E-state index contributed by atoms with van der Waals surface area (Å²) >= 11 is 0. The smallest absolute Gasteiger partial charge is 0.331 e. The molecule has 0 spiro atoms. The average Bonchev–Trinajstić information content (AvgIpc) is 2.47. The second-order valence-corrected chi connectivity index (χ2v) is 2.52. The van der Waals surface area contributed by atoms with E-state index in [2.05, 4.69) is 15.0 Å². The van der Waals surface area contributed by atoms with Crippen molar-refractivity contribution in [1.29, 1.82) is 5.26 Å². The van der Waals surface area contributed by atoms with Crippen molar-refractivity contribution in [3.05, 3.63) is 17.7 Å². The van der Waals surface area contributed by atoms with Crippen LogP contribution in [-0.4, -0.2) is 21.7 Å². The maximum Gasteiger partial charge on any atom is 0.331 e. The summed E-state index contributed by atoms with van der Waals surface area (Å²) in [6.45, 7) is 1.25. The first kappa shape index (κ1) is 9.92. The third-order valence-corrected chi connectivity index (χ3v) is 1.38. The Bertz CT molecular complexity index is 413. The molecule has 1 heterocycles. The van der Waals surface area contributed by atoms with Crippen LogP contribution in [0.5, 0.6) is 0 Å². The Morgan fingerprint density at radius 3 is 3.07 bits per heavy atom. The lowest BCUT2D eigenvalue weighted by molar-refractivity contribution is -0.140. The van der Waals surface area contributed by atoms with E-state index in [1.165, 1.54) is 13.1 Å². The van der Waals surface area contributed by atoms with Crippen LogP contribution in [0.2, 0.25) is 0 Å². The topological polar surface area (TPSA) is 80.3 Å². The Morgan fingerprint density at radius 1 is 1.86 bits per heavy atom. The SMILES string of the molecule is CC(=O)O/N=C/c1nc(C#N)cn1C. The van der Waals surface area contributed by atoms with E-state index in [-0.39, 0.29) is 5.69 Å². The van der Waals surface area contributed by atoms with Crippen LogP contribution in [0, 0.1) is 11.3 Å². The third kappa shape index (κ3) is 2.42. The number of rotatable bonds is 2. The average molecular weight is 192 g/mol. The van der Waals surface area contributed by atoms with Crippen LogP contribution >= 0.6 is 0 Å². The first-order valence-electron chi connectivity index (χ1n) is 3.78. The molecule has 0 radical (unpaired) electrons. The van der Waals surface area contributed by atoms with Gasteiger partial charge in [0.1, 0.15) is 12.3 Å². The molecule has 0 atom stereocenters. The molecule has 0 saturated heterocycles. The first-order chi connectivity index (χ1) is 6.63. The lowest BCUT2D eigenvalue weighted by Crippen LogP contribution is -1.97. The van der Waals surface area contributed by atoms with Crippen LogP contribution in [0.15, 0.2) is 11.4 Å². The van der Waals surface area contributed by atoms with Gasteiger partial charge >= 0.3 is 5.97 Å².